The summed E-state index contributed by atoms with van der Waals surface area (Å²) in [7, 11) is -9.92. The van der Waals surface area contributed by atoms with Gasteiger partial charge in [-0.05, 0) is 0 Å². The zero-order chi connectivity index (χ0) is 28.0. The summed E-state index contributed by atoms with van der Waals surface area (Å²) < 4.78 is 17.9. The van der Waals surface area contributed by atoms with Crippen molar-refractivity contribution < 1.29 is 33.4 Å². The average molecular weight is 571 g/mol. The molecule has 4 aromatic rings. The Hall–Kier alpha value is -2.54. The van der Waals surface area contributed by atoms with Gasteiger partial charge in [0.05, 0.1) is 0 Å². The van der Waals surface area contributed by atoms with E-state index in [9.17, 15) is 19.6 Å². The van der Waals surface area contributed by atoms with E-state index in [2.05, 4.69) is 0 Å². The summed E-state index contributed by atoms with van der Waals surface area (Å²) in [6, 6.07) is 34.0. The molecule has 0 fully saturated rings. The van der Waals surface area contributed by atoms with Crippen molar-refractivity contribution in [2.24, 2.45) is 0 Å². The number of hydrogen-bond acceptors (Lipinski definition) is 7. The standard InChI is InChI=1S/C30H36O7P2/c1-25(24-36-38(31,32,27-15-7-3-8-16-27)28-17-9-4-10-18-28)35-23-26(2)37-39(33,34,29-19-11-5-12-20-29)30-21-13-6-14-22-30/h3-22,25-26,31-34H,23-24H2,1-2H3. The van der Waals surface area contributed by atoms with Crippen LogP contribution in [0.4, 0.5) is 0 Å². The van der Waals surface area contributed by atoms with Gasteiger partial charge in [0.1, 0.15) is 0 Å². The molecule has 208 valence electrons. The van der Waals surface area contributed by atoms with Crippen LogP contribution in [0.5, 0.6) is 0 Å². The number of benzene rings is 4. The molecule has 0 spiro atoms. The first-order chi connectivity index (χ1) is 18.5. The van der Waals surface area contributed by atoms with Gasteiger partial charge < -0.3 is 0 Å². The van der Waals surface area contributed by atoms with Crippen LogP contribution in [0.2, 0.25) is 0 Å². The maximum atomic E-state index is 11.8. The topological polar surface area (TPSA) is 109 Å². The van der Waals surface area contributed by atoms with E-state index in [-0.39, 0.29) is 34.4 Å². The van der Waals surface area contributed by atoms with E-state index in [4.69, 9.17) is 13.8 Å². The average Bonchev–Trinajstić information content (AvgIpc) is 2.97. The third-order valence-electron chi connectivity index (χ3n) is 6.44. The fourth-order valence-electron chi connectivity index (χ4n) is 4.32. The van der Waals surface area contributed by atoms with Gasteiger partial charge in [-0.2, -0.15) is 0 Å². The first-order valence-corrected chi connectivity index (χ1v) is 16.8. The van der Waals surface area contributed by atoms with E-state index in [1.54, 1.807) is 135 Å². The Morgan fingerprint density at radius 3 is 1.18 bits per heavy atom. The molecule has 4 N–H and O–H groups in total. The summed E-state index contributed by atoms with van der Waals surface area (Å²) in [4.78, 5) is 47.0. The van der Waals surface area contributed by atoms with E-state index >= 15 is 0 Å². The molecule has 0 aliphatic carbocycles. The van der Waals surface area contributed by atoms with Gasteiger partial charge in [0.25, 0.3) is 0 Å². The molecular weight excluding hydrogens is 534 g/mol. The summed E-state index contributed by atoms with van der Waals surface area (Å²) in [5.41, 5.74) is 0. The van der Waals surface area contributed by atoms with Gasteiger partial charge in [-0.1, -0.05) is 0 Å². The molecule has 0 bridgehead atoms. The summed E-state index contributed by atoms with van der Waals surface area (Å²) in [5, 5.41) is 1.12. The molecule has 0 saturated carbocycles. The summed E-state index contributed by atoms with van der Waals surface area (Å²) in [6.07, 6.45) is -1.29. The van der Waals surface area contributed by atoms with Gasteiger partial charge in [-0.3, -0.25) is 0 Å². The van der Waals surface area contributed by atoms with Crippen molar-refractivity contribution in [2.45, 2.75) is 26.1 Å². The normalized spacial score (nSPS) is 15.8. The van der Waals surface area contributed by atoms with Gasteiger partial charge in [0.15, 0.2) is 0 Å². The van der Waals surface area contributed by atoms with Crippen molar-refractivity contribution in [3.8, 4) is 0 Å². The molecule has 0 saturated heterocycles. The van der Waals surface area contributed by atoms with E-state index in [0.29, 0.717) is 0 Å². The Bertz CT molecular complexity index is 1250. The zero-order valence-electron chi connectivity index (χ0n) is 22.0. The Morgan fingerprint density at radius 2 is 0.821 bits per heavy atom. The summed E-state index contributed by atoms with van der Waals surface area (Å²) in [6.45, 7) is 3.32. The van der Waals surface area contributed by atoms with Crippen molar-refractivity contribution in [3.05, 3.63) is 121 Å². The molecular formula is C30H36O7P2. The minimum absolute atomic E-state index is 0.00665. The Kier molecular flexibility index (Phi) is 8.70. The van der Waals surface area contributed by atoms with E-state index < -0.39 is 26.8 Å². The molecule has 7 nitrogen and oxygen atoms in total. The fourth-order valence-corrected chi connectivity index (χ4v) is 9.53. The van der Waals surface area contributed by atoms with Crippen molar-refractivity contribution in [3.63, 3.8) is 0 Å². The first kappa shape index (κ1) is 29.4. The van der Waals surface area contributed by atoms with Crippen LogP contribution in [-0.4, -0.2) is 45.0 Å². The fraction of sp³-hybridized carbons (Fsp3) is 0.200. The number of hydrogen-bond donors (Lipinski definition) is 4. The molecule has 0 aliphatic rings. The molecule has 2 atom stereocenters. The molecule has 0 aromatic heterocycles. The van der Waals surface area contributed by atoms with Crippen LogP contribution in [0.25, 0.3) is 0 Å². The summed E-state index contributed by atoms with van der Waals surface area (Å²) >= 11 is 0. The number of rotatable bonds is 12. The molecule has 2 unspecified atom stereocenters. The maximum absolute atomic E-state index is 11.8. The van der Waals surface area contributed by atoms with Crippen LogP contribution < -0.4 is 21.2 Å². The molecule has 9 heteroatoms. The molecule has 4 aromatic carbocycles. The van der Waals surface area contributed by atoms with Gasteiger partial charge in [0, 0.05) is 0 Å². The predicted molar refractivity (Wildman–Crippen MR) is 159 cm³/mol. The van der Waals surface area contributed by atoms with Crippen LogP contribution >= 0.6 is 14.6 Å². The van der Waals surface area contributed by atoms with E-state index in [1.807, 2.05) is 0 Å². The second kappa shape index (κ2) is 11.5. The van der Waals surface area contributed by atoms with Crippen molar-refractivity contribution in [1.29, 1.82) is 0 Å². The predicted octanol–water partition coefficient (Wildman–Crippen LogP) is 3.68. The van der Waals surface area contributed by atoms with E-state index in [0.717, 1.165) is 0 Å². The molecule has 0 heterocycles. The van der Waals surface area contributed by atoms with Gasteiger partial charge in [-0.25, -0.2) is 0 Å². The van der Waals surface area contributed by atoms with Gasteiger partial charge in [-0.15, -0.1) is 0 Å². The third kappa shape index (κ3) is 6.29. The van der Waals surface area contributed by atoms with Crippen LogP contribution in [0, 0.1) is 0 Å². The minimum atomic E-state index is -4.97. The first-order valence-electron chi connectivity index (χ1n) is 12.7. The Morgan fingerprint density at radius 1 is 0.487 bits per heavy atom. The van der Waals surface area contributed by atoms with Crippen LogP contribution in [0.3, 0.4) is 0 Å². The van der Waals surface area contributed by atoms with Gasteiger partial charge in [0.2, 0.25) is 0 Å². The van der Waals surface area contributed by atoms with E-state index in [1.165, 1.54) is 0 Å². The summed E-state index contributed by atoms with van der Waals surface area (Å²) in [5.74, 6) is 0. The van der Waals surface area contributed by atoms with Gasteiger partial charge >= 0.3 is 230 Å². The Labute approximate surface area is 229 Å². The molecule has 4 rings (SSSR count). The second-order valence-electron chi connectivity index (χ2n) is 9.59. The van der Waals surface area contributed by atoms with Crippen molar-refractivity contribution >= 4 is 35.8 Å². The SMILES string of the molecule is CC(COP(O)(O)(c1ccccc1)c1ccccc1)OCC(C)OP(O)(O)(c1ccccc1)c1ccccc1. The monoisotopic (exact) mass is 570 g/mol. The van der Waals surface area contributed by atoms with Crippen LogP contribution in [0.1, 0.15) is 13.8 Å². The second-order valence-corrected chi connectivity index (χ2v) is 15.9. The Balaban J connectivity index is 1.47. The quantitative estimate of drug-likeness (QED) is 0.193. The van der Waals surface area contributed by atoms with Crippen LogP contribution in [0.15, 0.2) is 121 Å². The zero-order valence-corrected chi connectivity index (χ0v) is 23.8. The third-order valence-corrected chi connectivity index (χ3v) is 12.7. The van der Waals surface area contributed by atoms with Crippen molar-refractivity contribution in [1.82, 2.24) is 0 Å². The molecule has 39 heavy (non-hydrogen) atoms. The van der Waals surface area contributed by atoms with Crippen LogP contribution in [-0.2, 0) is 13.8 Å². The van der Waals surface area contributed by atoms with Crippen molar-refractivity contribution in [2.75, 3.05) is 13.2 Å². The number of ether oxygens (including phenoxy) is 1. The molecule has 0 amide bonds. The molecule has 0 radical (unpaired) electrons. The molecule has 0 aliphatic heterocycles.